The third-order valence-electron chi connectivity index (χ3n) is 3.36. The average Bonchev–Trinajstić information content (AvgIpc) is 2.76. The van der Waals surface area contributed by atoms with Gasteiger partial charge in [-0.15, -0.1) is 0 Å². The zero-order valence-corrected chi connectivity index (χ0v) is 12.1. The minimum Gasteiger partial charge on any atom is -0.396 e. The Morgan fingerprint density at radius 1 is 1.39 bits per heavy atom. The van der Waals surface area contributed by atoms with E-state index in [-0.39, 0.29) is 12.0 Å². The first-order valence-corrected chi connectivity index (χ1v) is 6.77. The number of hydrogen-bond donors (Lipinski definition) is 2. The molecule has 18 heavy (non-hydrogen) atoms. The monoisotopic (exact) mass is 253 g/mol. The molecule has 0 aliphatic rings. The minimum absolute atomic E-state index is 0.121. The summed E-state index contributed by atoms with van der Waals surface area (Å²) in [7, 11) is 0. The Balaban J connectivity index is 2.81. The molecule has 0 aliphatic carbocycles. The van der Waals surface area contributed by atoms with Gasteiger partial charge >= 0.3 is 0 Å². The van der Waals surface area contributed by atoms with Crippen molar-refractivity contribution in [3.63, 3.8) is 0 Å². The standard InChI is InChI=1S/C14H27N3O/c1-11(2)7-14(9-15,10-18)8-13-5-6-17(16-13)12(3)4/h5-6,11-12,18H,7-10,15H2,1-4H3. The van der Waals surface area contributed by atoms with Gasteiger partial charge < -0.3 is 10.8 Å². The maximum atomic E-state index is 9.69. The molecule has 3 N–H and O–H groups in total. The lowest BCUT2D eigenvalue weighted by Crippen LogP contribution is -2.38. The van der Waals surface area contributed by atoms with E-state index in [1.807, 2.05) is 16.9 Å². The van der Waals surface area contributed by atoms with E-state index in [0.29, 0.717) is 18.5 Å². The van der Waals surface area contributed by atoms with Crippen molar-refractivity contribution in [3.8, 4) is 0 Å². The topological polar surface area (TPSA) is 64.1 Å². The molecule has 104 valence electrons. The van der Waals surface area contributed by atoms with E-state index in [4.69, 9.17) is 5.73 Å². The fourth-order valence-electron chi connectivity index (χ4n) is 2.42. The van der Waals surface area contributed by atoms with Gasteiger partial charge in [0.25, 0.3) is 0 Å². The van der Waals surface area contributed by atoms with Crippen LogP contribution < -0.4 is 5.73 Å². The first-order chi connectivity index (χ1) is 8.42. The summed E-state index contributed by atoms with van der Waals surface area (Å²) in [5.41, 5.74) is 6.67. The summed E-state index contributed by atoms with van der Waals surface area (Å²) >= 11 is 0. The third-order valence-corrected chi connectivity index (χ3v) is 3.36. The van der Waals surface area contributed by atoms with E-state index in [1.165, 1.54) is 0 Å². The van der Waals surface area contributed by atoms with E-state index in [0.717, 1.165) is 18.5 Å². The normalized spacial score (nSPS) is 15.3. The van der Waals surface area contributed by atoms with E-state index >= 15 is 0 Å². The van der Waals surface area contributed by atoms with Crippen molar-refractivity contribution in [3.05, 3.63) is 18.0 Å². The van der Waals surface area contributed by atoms with Crippen molar-refractivity contribution >= 4 is 0 Å². The Labute approximate surface area is 110 Å². The van der Waals surface area contributed by atoms with Gasteiger partial charge in [0.1, 0.15) is 0 Å². The molecule has 1 unspecified atom stereocenters. The van der Waals surface area contributed by atoms with Crippen LogP contribution in [-0.4, -0.2) is 28.0 Å². The molecule has 1 aromatic rings. The van der Waals surface area contributed by atoms with Crippen LogP contribution in [0.5, 0.6) is 0 Å². The van der Waals surface area contributed by atoms with Crippen LogP contribution in [0.4, 0.5) is 0 Å². The van der Waals surface area contributed by atoms with Gasteiger partial charge in [-0.1, -0.05) is 13.8 Å². The fourth-order valence-corrected chi connectivity index (χ4v) is 2.42. The lowest BCUT2D eigenvalue weighted by molar-refractivity contribution is 0.106. The van der Waals surface area contributed by atoms with Crippen LogP contribution in [0.2, 0.25) is 0 Å². The molecule has 0 bridgehead atoms. The van der Waals surface area contributed by atoms with Crippen molar-refractivity contribution in [1.82, 2.24) is 9.78 Å². The van der Waals surface area contributed by atoms with Gasteiger partial charge in [0.05, 0.1) is 12.3 Å². The lowest BCUT2D eigenvalue weighted by Gasteiger charge is -2.31. The molecular formula is C14H27N3O. The Bertz CT molecular complexity index is 354. The van der Waals surface area contributed by atoms with Crippen LogP contribution in [0, 0.1) is 11.3 Å². The molecular weight excluding hydrogens is 226 g/mol. The molecule has 1 heterocycles. The van der Waals surface area contributed by atoms with Crippen molar-refractivity contribution in [2.45, 2.75) is 46.6 Å². The Hall–Kier alpha value is -0.870. The highest BCUT2D eigenvalue weighted by molar-refractivity contribution is 5.04. The van der Waals surface area contributed by atoms with Gasteiger partial charge in [-0.05, 0) is 32.3 Å². The summed E-state index contributed by atoms with van der Waals surface area (Å²) in [6.07, 6.45) is 3.67. The largest absolute Gasteiger partial charge is 0.396 e. The third kappa shape index (κ3) is 3.82. The van der Waals surface area contributed by atoms with Crippen molar-refractivity contribution in [2.24, 2.45) is 17.1 Å². The molecule has 0 radical (unpaired) electrons. The molecule has 4 nitrogen and oxygen atoms in total. The van der Waals surface area contributed by atoms with Gasteiger partial charge in [-0.25, -0.2) is 0 Å². The number of aliphatic hydroxyl groups excluding tert-OH is 1. The van der Waals surface area contributed by atoms with E-state index < -0.39 is 0 Å². The van der Waals surface area contributed by atoms with Crippen LogP contribution in [0.25, 0.3) is 0 Å². The number of aromatic nitrogens is 2. The fraction of sp³-hybridized carbons (Fsp3) is 0.786. The predicted octanol–water partition coefficient (Wildman–Crippen LogP) is 1.99. The second-order valence-corrected chi connectivity index (χ2v) is 6.02. The van der Waals surface area contributed by atoms with Crippen molar-refractivity contribution in [1.29, 1.82) is 0 Å². The van der Waals surface area contributed by atoms with E-state index in [9.17, 15) is 5.11 Å². The molecule has 0 fully saturated rings. The zero-order valence-electron chi connectivity index (χ0n) is 12.1. The molecule has 0 aromatic carbocycles. The lowest BCUT2D eigenvalue weighted by atomic mass is 9.77. The molecule has 0 aliphatic heterocycles. The summed E-state index contributed by atoms with van der Waals surface area (Å²) in [5.74, 6) is 0.521. The SMILES string of the molecule is CC(C)CC(CN)(CO)Cc1ccn(C(C)C)n1. The number of nitrogens with two attached hydrogens (primary N) is 1. The average molecular weight is 253 g/mol. The van der Waals surface area contributed by atoms with Crippen molar-refractivity contribution in [2.75, 3.05) is 13.2 Å². The van der Waals surface area contributed by atoms with Gasteiger partial charge in [-0.2, -0.15) is 5.10 Å². The molecule has 1 aromatic heterocycles. The maximum absolute atomic E-state index is 9.69. The Morgan fingerprint density at radius 2 is 2.06 bits per heavy atom. The summed E-state index contributed by atoms with van der Waals surface area (Å²) in [4.78, 5) is 0. The molecule has 4 heteroatoms. The first-order valence-electron chi connectivity index (χ1n) is 6.77. The van der Waals surface area contributed by atoms with Gasteiger partial charge in [0, 0.05) is 30.6 Å². The molecule has 1 atom stereocenters. The minimum atomic E-state index is -0.232. The van der Waals surface area contributed by atoms with Crippen LogP contribution in [-0.2, 0) is 6.42 Å². The van der Waals surface area contributed by atoms with Gasteiger partial charge in [-0.3, -0.25) is 4.68 Å². The first kappa shape index (κ1) is 15.2. The predicted molar refractivity (Wildman–Crippen MR) is 74.3 cm³/mol. The van der Waals surface area contributed by atoms with Crippen LogP contribution >= 0.6 is 0 Å². The van der Waals surface area contributed by atoms with E-state index in [2.05, 4.69) is 32.8 Å². The maximum Gasteiger partial charge on any atom is 0.0631 e. The highest BCUT2D eigenvalue weighted by Crippen LogP contribution is 2.29. The zero-order chi connectivity index (χ0) is 13.8. The summed E-state index contributed by atoms with van der Waals surface area (Å²) in [5, 5.41) is 14.2. The quantitative estimate of drug-likeness (QED) is 0.781. The summed E-state index contributed by atoms with van der Waals surface area (Å²) < 4.78 is 1.95. The van der Waals surface area contributed by atoms with Crippen LogP contribution in [0.1, 0.15) is 45.9 Å². The molecule has 0 spiro atoms. The number of nitrogens with zero attached hydrogens (tertiary/aromatic N) is 2. The Morgan fingerprint density at radius 3 is 2.44 bits per heavy atom. The molecule has 1 rings (SSSR count). The highest BCUT2D eigenvalue weighted by atomic mass is 16.3. The number of hydrogen-bond acceptors (Lipinski definition) is 3. The highest BCUT2D eigenvalue weighted by Gasteiger charge is 2.30. The van der Waals surface area contributed by atoms with Crippen molar-refractivity contribution < 1.29 is 5.11 Å². The summed E-state index contributed by atoms with van der Waals surface area (Å²) in [6, 6.07) is 2.39. The number of aliphatic hydroxyl groups is 1. The van der Waals surface area contributed by atoms with Gasteiger partial charge in [0.2, 0.25) is 0 Å². The van der Waals surface area contributed by atoms with Gasteiger partial charge in [0.15, 0.2) is 0 Å². The van der Waals surface area contributed by atoms with Crippen LogP contribution in [0.15, 0.2) is 12.3 Å². The smallest absolute Gasteiger partial charge is 0.0631 e. The molecule has 0 amide bonds. The molecule has 0 saturated heterocycles. The van der Waals surface area contributed by atoms with E-state index in [1.54, 1.807) is 0 Å². The molecule has 0 saturated carbocycles. The Kier molecular flexibility index (Phi) is 5.35. The second kappa shape index (κ2) is 6.34. The summed E-state index contributed by atoms with van der Waals surface area (Å²) in [6.45, 7) is 9.15. The number of rotatable bonds is 7. The van der Waals surface area contributed by atoms with Crippen LogP contribution in [0.3, 0.4) is 0 Å². The second-order valence-electron chi connectivity index (χ2n) is 6.02.